The van der Waals surface area contributed by atoms with Crippen LogP contribution < -0.4 is 10.6 Å². The number of allylic oxidation sites excluding steroid dienone is 1. The van der Waals surface area contributed by atoms with Gasteiger partial charge in [0.05, 0.1) is 11.6 Å². The highest BCUT2D eigenvalue weighted by Crippen LogP contribution is 2.53. The summed E-state index contributed by atoms with van der Waals surface area (Å²) < 4.78 is 13.1. The molecule has 11 nitrogen and oxygen atoms in total. The SMILES string of the molecule is CCN(CCF)Cc1cc(O)c2c(c1N(C)C)C[C@H]1C[C@H]3[C@H](N(C)C)C(O)=C(C(N)=O)C(=O)[C@@]3(O)C(O)=C1C2=O. The molecule has 0 saturated carbocycles. The summed E-state index contributed by atoms with van der Waals surface area (Å²) in [6, 6.07) is 0.391. The van der Waals surface area contributed by atoms with E-state index < -0.39 is 64.7 Å². The van der Waals surface area contributed by atoms with Crippen LogP contribution in [0.25, 0.3) is 0 Å². The summed E-state index contributed by atoms with van der Waals surface area (Å²) >= 11 is 0. The van der Waals surface area contributed by atoms with Crippen LogP contribution in [-0.2, 0) is 22.6 Å². The minimum atomic E-state index is -2.68. The Labute approximate surface area is 232 Å². The zero-order chi connectivity index (χ0) is 29.8. The van der Waals surface area contributed by atoms with Gasteiger partial charge in [-0.15, -0.1) is 0 Å². The second-order valence-corrected chi connectivity index (χ2v) is 11.2. The van der Waals surface area contributed by atoms with Gasteiger partial charge in [-0.05, 0) is 56.6 Å². The third kappa shape index (κ3) is 4.25. The summed E-state index contributed by atoms with van der Waals surface area (Å²) in [6.45, 7) is 2.46. The van der Waals surface area contributed by atoms with Crippen molar-refractivity contribution < 1.29 is 39.2 Å². The van der Waals surface area contributed by atoms with Crippen molar-refractivity contribution in [2.45, 2.75) is 38.0 Å². The van der Waals surface area contributed by atoms with Gasteiger partial charge in [0.1, 0.15) is 29.5 Å². The number of rotatable bonds is 8. The second kappa shape index (κ2) is 10.5. The third-order valence-corrected chi connectivity index (χ3v) is 8.46. The second-order valence-electron chi connectivity index (χ2n) is 11.2. The molecule has 12 heteroatoms. The highest BCUT2D eigenvalue weighted by Gasteiger charge is 2.63. The Balaban J connectivity index is 1.93. The first-order valence-corrected chi connectivity index (χ1v) is 13.2. The number of ketones is 2. The Bertz CT molecular complexity index is 1340. The number of aliphatic hydroxyl groups excluding tert-OH is 2. The maximum Gasteiger partial charge on any atom is 0.255 e. The number of hydrogen-bond acceptors (Lipinski definition) is 10. The molecule has 40 heavy (non-hydrogen) atoms. The summed E-state index contributed by atoms with van der Waals surface area (Å²) in [5.41, 5.74) is 3.49. The molecular formula is C28H37FN4O7. The molecule has 3 aliphatic carbocycles. The predicted octanol–water partition coefficient (Wildman–Crippen LogP) is 0.978. The van der Waals surface area contributed by atoms with Crippen LogP contribution in [0.1, 0.15) is 34.8 Å². The number of amides is 1. The van der Waals surface area contributed by atoms with Crippen molar-refractivity contribution in [3.63, 3.8) is 0 Å². The Hall–Kier alpha value is -3.48. The molecule has 0 saturated heterocycles. The number of primary amides is 1. The van der Waals surface area contributed by atoms with Crippen LogP contribution in [0, 0.1) is 11.8 Å². The Morgan fingerprint density at radius 3 is 2.35 bits per heavy atom. The fraction of sp³-hybridized carbons (Fsp3) is 0.536. The number of carbonyl (C=O) groups excluding carboxylic acids is 3. The minimum absolute atomic E-state index is 0.00650. The molecule has 0 aromatic heterocycles. The van der Waals surface area contributed by atoms with Crippen molar-refractivity contribution in [2.24, 2.45) is 17.6 Å². The van der Waals surface area contributed by atoms with Crippen LogP contribution in [0.3, 0.4) is 0 Å². The van der Waals surface area contributed by atoms with Gasteiger partial charge in [0.15, 0.2) is 11.4 Å². The molecule has 1 aromatic carbocycles. The van der Waals surface area contributed by atoms with Crippen molar-refractivity contribution in [1.82, 2.24) is 9.80 Å². The van der Waals surface area contributed by atoms with E-state index in [-0.39, 0.29) is 36.3 Å². The largest absolute Gasteiger partial charge is 0.510 e. The molecule has 4 rings (SSSR count). The fourth-order valence-corrected chi connectivity index (χ4v) is 6.76. The highest BCUT2D eigenvalue weighted by atomic mass is 19.1. The number of hydrogen-bond donors (Lipinski definition) is 5. The van der Waals surface area contributed by atoms with E-state index in [1.165, 1.54) is 11.0 Å². The Kier molecular flexibility index (Phi) is 7.74. The predicted molar refractivity (Wildman–Crippen MR) is 145 cm³/mol. The average Bonchev–Trinajstić information content (AvgIpc) is 2.85. The average molecular weight is 561 g/mol. The van der Waals surface area contributed by atoms with E-state index in [1.807, 2.05) is 16.7 Å². The summed E-state index contributed by atoms with van der Waals surface area (Å²) in [4.78, 5) is 44.6. The third-order valence-electron chi connectivity index (χ3n) is 8.46. The Morgan fingerprint density at radius 1 is 1.18 bits per heavy atom. The van der Waals surface area contributed by atoms with Gasteiger partial charge in [0, 0.05) is 44.4 Å². The van der Waals surface area contributed by atoms with Crippen LogP contribution >= 0.6 is 0 Å². The molecular weight excluding hydrogens is 523 g/mol. The number of Topliss-reactive ketones (excluding diaryl/α,β-unsaturated/α-hetero) is 2. The quantitative estimate of drug-likeness (QED) is 0.289. The van der Waals surface area contributed by atoms with Gasteiger partial charge < -0.3 is 31.1 Å². The first-order valence-electron chi connectivity index (χ1n) is 13.2. The lowest BCUT2D eigenvalue weighted by atomic mass is 9.58. The van der Waals surface area contributed by atoms with Crippen molar-refractivity contribution in [2.75, 3.05) is 52.9 Å². The van der Waals surface area contributed by atoms with Gasteiger partial charge in [0.25, 0.3) is 5.91 Å². The van der Waals surface area contributed by atoms with E-state index in [0.717, 1.165) is 0 Å². The molecule has 1 amide bonds. The number of aromatic hydroxyl groups is 1. The number of phenols is 1. The summed E-state index contributed by atoms with van der Waals surface area (Å²) in [5.74, 6) is -6.90. The number of alkyl halides is 1. The lowest BCUT2D eigenvalue weighted by Crippen LogP contribution is -2.63. The number of fused-ring (bicyclic) bond motifs is 3. The van der Waals surface area contributed by atoms with Gasteiger partial charge in [0.2, 0.25) is 5.78 Å². The molecule has 0 spiro atoms. The first kappa shape index (κ1) is 29.5. The number of nitrogens with zero attached hydrogens (tertiary/aromatic N) is 3. The van der Waals surface area contributed by atoms with E-state index in [4.69, 9.17) is 5.73 Å². The van der Waals surface area contributed by atoms with E-state index in [0.29, 0.717) is 29.9 Å². The molecule has 4 atom stereocenters. The van der Waals surface area contributed by atoms with Crippen LogP contribution in [0.15, 0.2) is 28.7 Å². The number of nitrogens with two attached hydrogens (primary N) is 1. The van der Waals surface area contributed by atoms with Gasteiger partial charge in [-0.3, -0.25) is 24.2 Å². The van der Waals surface area contributed by atoms with E-state index in [9.17, 15) is 39.2 Å². The van der Waals surface area contributed by atoms with Gasteiger partial charge in [-0.1, -0.05) is 6.92 Å². The molecule has 218 valence electrons. The number of carbonyl (C=O) groups is 3. The first-order chi connectivity index (χ1) is 18.7. The van der Waals surface area contributed by atoms with Crippen LogP contribution in [0.5, 0.6) is 5.75 Å². The van der Waals surface area contributed by atoms with Crippen molar-refractivity contribution >= 4 is 23.2 Å². The zero-order valence-electron chi connectivity index (χ0n) is 23.4. The normalized spacial score (nSPS) is 26.3. The van der Waals surface area contributed by atoms with Gasteiger partial charge in [-0.25, -0.2) is 4.39 Å². The lowest BCUT2D eigenvalue weighted by molar-refractivity contribution is -0.148. The van der Waals surface area contributed by atoms with E-state index >= 15 is 0 Å². The number of benzene rings is 1. The maximum atomic E-state index is 13.9. The van der Waals surface area contributed by atoms with Crippen molar-refractivity contribution in [3.8, 4) is 5.75 Å². The summed E-state index contributed by atoms with van der Waals surface area (Å²) in [6.07, 6.45) is 0.186. The molecule has 0 fully saturated rings. The van der Waals surface area contributed by atoms with Crippen LogP contribution in [0.4, 0.5) is 10.1 Å². The molecule has 0 unspecified atom stereocenters. The standard InChI is InChI=1S/C28H37FN4O7/c1-6-33(8-7-29)12-14-11-17(34)19-15(21(14)31(2)3)9-13-10-16-22(32(4)5)24(36)20(27(30)39)26(38)28(16,40)25(37)18(13)23(19)35/h11,13,16,22,34,36-37,40H,6-10,12H2,1-5H3,(H2,30,39)/t13-,16-,22-,28-/m0/s1. The highest BCUT2D eigenvalue weighted by molar-refractivity contribution is 6.24. The number of halogens is 1. The fourth-order valence-electron chi connectivity index (χ4n) is 6.76. The number of anilines is 1. The lowest BCUT2D eigenvalue weighted by Gasteiger charge is -2.50. The molecule has 0 aliphatic heterocycles. The molecule has 6 N–H and O–H groups in total. The smallest absolute Gasteiger partial charge is 0.255 e. The summed E-state index contributed by atoms with van der Waals surface area (Å²) in [5, 5.41) is 45.1. The molecule has 1 aromatic rings. The monoisotopic (exact) mass is 560 g/mol. The number of likely N-dealkylation sites (N-methyl/N-ethyl adjacent to an activating group) is 1. The van der Waals surface area contributed by atoms with Crippen LogP contribution in [-0.4, -0.2) is 107 Å². The molecule has 3 aliphatic rings. The van der Waals surface area contributed by atoms with Crippen molar-refractivity contribution in [1.29, 1.82) is 0 Å². The molecule has 0 heterocycles. The minimum Gasteiger partial charge on any atom is -0.510 e. The Morgan fingerprint density at radius 2 is 1.82 bits per heavy atom. The number of phenolic OH excluding ortho intramolecular Hbond substituents is 1. The summed E-state index contributed by atoms with van der Waals surface area (Å²) in [7, 11) is 6.76. The molecule has 0 bridgehead atoms. The molecule has 0 radical (unpaired) electrons. The zero-order valence-corrected chi connectivity index (χ0v) is 23.4. The van der Waals surface area contributed by atoms with Crippen molar-refractivity contribution in [3.05, 3.63) is 45.4 Å². The van der Waals surface area contributed by atoms with E-state index in [1.54, 1.807) is 28.2 Å². The topological polar surface area (TPSA) is 168 Å². The van der Waals surface area contributed by atoms with E-state index in [2.05, 4.69) is 0 Å². The van der Waals surface area contributed by atoms with Gasteiger partial charge in [-0.2, -0.15) is 0 Å². The van der Waals surface area contributed by atoms with Crippen LogP contribution in [0.2, 0.25) is 0 Å². The maximum absolute atomic E-state index is 13.9. The number of aliphatic hydroxyl groups is 3. The van der Waals surface area contributed by atoms with Gasteiger partial charge >= 0.3 is 0 Å².